The lowest BCUT2D eigenvalue weighted by Gasteiger charge is -2.49. The van der Waals surface area contributed by atoms with Crippen LogP contribution in [0.2, 0.25) is 0 Å². The molecule has 1 aliphatic carbocycles. The van der Waals surface area contributed by atoms with Gasteiger partial charge < -0.3 is 14.8 Å². The van der Waals surface area contributed by atoms with E-state index in [1.807, 2.05) is 21.9 Å². The second kappa shape index (κ2) is 9.52. The van der Waals surface area contributed by atoms with Gasteiger partial charge in [0.05, 0.1) is 6.04 Å². The monoisotopic (exact) mass is 469 g/mol. The highest BCUT2D eigenvalue weighted by Crippen LogP contribution is 2.42. The number of carbonyl (C=O) groups excluding carboxylic acids is 2. The van der Waals surface area contributed by atoms with Crippen molar-refractivity contribution in [3.05, 3.63) is 71.4 Å². The van der Waals surface area contributed by atoms with Gasteiger partial charge in [0.2, 0.25) is 11.8 Å². The number of H-pyrrole nitrogens is 1. The summed E-state index contributed by atoms with van der Waals surface area (Å²) in [7, 11) is 0. The van der Waals surface area contributed by atoms with Gasteiger partial charge in [-0.15, -0.1) is 0 Å². The predicted octanol–water partition coefficient (Wildman–Crippen LogP) is 5.55. The fourth-order valence-corrected chi connectivity index (χ4v) is 6.71. The minimum atomic E-state index is -0.394. The summed E-state index contributed by atoms with van der Waals surface area (Å²) in [5, 5.41) is 1.19. The van der Waals surface area contributed by atoms with Crippen molar-refractivity contribution >= 4 is 22.7 Å². The Balaban J connectivity index is 1.35. The SMILES string of the molecule is O=C1[C@@H]2Cc3c([nH]c4ccccc34)C(CCc3ccccc3)N2C(=O)CN1C1CCCCCCC1. The number of piperazine rings is 1. The van der Waals surface area contributed by atoms with E-state index < -0.39 is 6.04 Å². The molecule has 2 amide bonds. The highest BCUT2D eigenvalue weighted by atomic mass is 16.2. The Labute approximate surface area is 207 Å². The van der Waals surface area contributed by atoms with Gasteiger partial charge in [0.25, 0.3) is 0 Å². The van der Waals surface area contributed by atoms with Crippen LogP contribution in [-0.4, -0.2) is 45.2 Å². The average Bonchev–Trinajstić information content (AvgIpc) is 3.23. The van der Waals surface area contributed by atoms with Crippen LogP contribution in [0, 0.1) is 0 Å². The van der Waals surface area contributed by atoms with Crippen molar-refractivity contribution < 1.29 is 9.59 Å². The summed E-state index contributed by atoms with van der Waals surface area (Å²) in [6.45, 7) is 0.234. The van der Waals surface area contributed by atoms with E-state index in [1.54, 1.807) is 0 Å². The Bertz CT molecular complexity index is 1210. The number of para-hydroxylation sites is 1. The van der Waals surface area contributed by atoms with Crippen molar-refractivity contribution in [2.45, 2.75) is 82.3 Å². The summed E-state index contributed by atoms with van der Waals surface area (Å²) < 4.78 is 0. The van der Waals surface area contributed by atoms with Crippen LogP contribution in [0.5, 0.6) is 0 Å². The fraction of sp³-hybridized carbons (Fsp3) is 0.467. The minimum absolute atomic E-state index is 0.104. The van der Waals surface area contributed by atoms with Crippen LogP contribution in [-0.2, 0) is 22.4 Å². The number of aromatic nitrogens is 1. The summed E-state index contributed by atoms with van der Waals surface area (Å²) >= 11 is 0. The van der Waals surface area contributed by atoms with Gasteiger partial charge in [0, 0.05) is 29.1 Å². The molecule has 1 unspecified atom stereocenters. The second-order valence-corrected chi connectivity index (χ2v) is 10.6. The molecule has 6 rings (SSSR count). The van der Waals surface area contributed by atoms with Crippen molar-refractivity contribution in [1.29, 1.82) is 0 Å². The largest absolute Gasteiger partial charge is 0.356 e. The number of rotatable bonds is 4. The van der Waals surface area contributed by atoms with Gasteiger partial charge in [0.1, 0.15) is 12.6 Å². The zero-order chi connectivity index (χ0) is 23.8. The van der Waals surface area contributed by atoms with Gasteiger partial charge in [-0.3, -0.25) is 9.59 Å². The molecule has 0 bridgehead atoms. The molecule has 0 radical (unpaired) electrons. The molecular weight excluding hydrogens is 434 g/mol. The lowest BCUT2D eigenvalue weighted by Crippen LogP contribution is -2.64. The van der Waals surface area contributed by atoms with E-state index in [4.69, 9.17) is 0 Å². The van der Waals surface area contributed by atoms with Crippen molar-refractivity contribution in [2.24, 2.45) is 0 Å². The van der Waals surface area contributed by atoms with Crippen molar-refractivity contribution in [3.8, 4) is 0 Å². The van der Waals surface area contributed by atoms with Crippen molar-refractivity contribution in [3.63, 3.8) is 0 Å². The van der Waals surface area contributed by atoms with E-state index >= 15 is 0 Å². The molecule has 2 aromatic carbocycles. The maximum atomic E-state index is 14.0. The van der Waals surface area contributed by atoms with Crippen LogP contribution in [0.1, 0.15) is 74.2 Å². The lowest BCUT2D eigenvalue weighted by atomic mass is 9.85. The van der Waals surface area contributed by atoms with Crippen LogP contribution < -0.4 is 0 Å². The zero-order valence-electron chi connectivity index (χ0n) is 20.4. The quantitative estimate of drug-likeness (QED) is 0.545. The van der Waals surface area contributed by atoms with E-state index in [0.29, 0.717) is 6.42 Å². The molecule has 5 heteroatoms. The molecule has 0 spiro atoms. The molecule has 3 heterocycles. The van der Waals surface area contributed by atoms with E-state index in [9.17, 15) is 9.59 Å². The van der Waals surface area contributed by atoms with Crippen LogP contribution in [0.15, 0.2) is 54.6 Å². The van der Waals surface area contributed by atoms with E-state index in [1.165, 1.54) is 35.8 Å². The van der Waals surface area contributed by atoms with Gasteiger partial charge in [-0.05, 0) is 42.9 Å². The first-order chi connectivity index (χ1) is 17.2. The number of nitrogens with zero attached hydrogens (tertiary/aromatic N) is 2. The highest BCUT2D eigenvalue weighted by Gasteiger charge is 2.48. The number of fused-ring (bicyclic) bond motifs is 4. The Kier molecular flexibility index (Phi) is 6.09. The molecule has 1 N–H and O–H groups in total. The summed E-state index contributed by atoms with van der Waals surface area (Å²) in [6, 6.07) is 18.5. The number of aryl methyl sites for hydroxylation is 1. The molecule has 1 aromatic heterocycles. The van der Waals surface area contributed by atoms with Crippen LogP contribution >= 0.6 is 0 Å². The molecule has 1 saturated carbocycles. The summed E-state index contributed by atoms with van der Waals surface area (Å²) in [5.74, 6) is 0.273. The summed E-state index contributed by atoms with van der Waals surface area (Å²) in [4.78, 5) is 35.3. The molecule has 5 nitrogen and oxygen atoms in total. The molecule has 2 atom stereocenters. The van der Waals surface area contributed by atoms with E-state index in [-0.39, 0.29) is 30.4 Å². The maximum Gasteiger partial charge on any atom is 0.246 e. The zero-order valence-corrected chi connectivity index (χ0v) is 20.4. The van der Waals surface area contributed by atoms with Crippen LogP contribution in [0.4, 0.5) is 0 Å². The van der Waals surface area contributed by atoms with Gasteiger partial charge in [-0.25, -0.2) is 0 Å². The lowest BCUT2D eigenvalue weighted by molar-refractivity contribution is -0.162. The smallest absolute Gasteiger partial charge is 0.246 e. The standard InChI is InChI=1S/C30H35N3O2/c34-28-20-32(22-13-7-2-1-3-8-14-22)30(35)27-19-24-23-15-9-10-16-25(23)31-29(24)26(33(27)28)18-17-21-11-5-4-6-12-21/h4-6,9-12,15-16,22,26-27,31H,1-3,7-8,13-14,17-20H2/t26?,27-/m0/s1. The van der Waals surface area contributed by atoms with Gasteiger partial charge in [0.15, 0.2) is 0 Å². The maximum absolute atomic E-state index is 14.0. The van der Waals surface area contributed by atoms with Crippen molar-refractivity contribution in [1.82, 2.24) is 14.8 Å². The Hall–Kier alpha value is -3.08. The van der Waals surface area contributed by atoms with Gasteiger partial charge >= 0.3 is 0 Å². The number of benzene rings is 2. The first-order valence-electron chi connectivity index (χ1n) is 13.5. The Morgan fingerprint density at radius 1 is 0.857 bits per heavy atom. The molecule has 3 aromatic rings. The normalized spacial score (nSPS) is 23.7. The number of carbonyl (C=O) groups is 2. The number of hydrogen-bond donors (Lipinski definition) is 1. The highest BCUT2D eigenvalue weighted by molar-refractivity contribution is 5.97. The first kappa shape index (κ1) is 22.4. The second-order valence-electron chi connectivity index (χ2n) is 10.6. The van der Waals surface area contributed by atoms with Crippen LogP contribution in [0.3, 0.4) is 0 Å². The Morgan fingerprint density at radius 3 is 2.37 bits per heavy atom. The molecule has 2 fully saturated rings. The average molecular weight is 470 g/mol. The number of nitrogens with one attached hydrogen (secondary N) is 1. The van der Waals surface area contributed by atoms with Gasteiger partial charge in [-0.1, -0.05) is 80.6 Å². The number of aromatic amines is 1. The Morgan fingerprint density at radius 2 is 1.57 bits per heavy atom. The topological polar surface area (TPSA) is 56.4 Å². The predicted molar refractivity (Wildman–Crippen MR) is 138 cm³/mol. The molecule has 1 saturated heterocycles. The molecule has 2 aliphatic heterocycles. The fourth-order valence-electron chi connectivity index (χ4n) is 6.71. The van der Waals surface area contributed by atoms with Crippen LogP contribution in [0.25, 0.3) is 10.9 Å². The third kappa shape index (κ3) is 4.15. The van der Waals surface area contributed by atoms with E-state index in [0.717, 1.165) is 49.7 Å². The molecule has 182 valence electrons. The van der Waals surface area contributed by atoms with Crippen molar-refractivity contribution in [2.75, 3.05) is 6.54 Å². The third-order valence-corrected chi connectivity index (χ3v) is 8.48. The molecule has 3 aliphatic rings. The van der Waals surface area contributed by atoms with E-state index in [2.05, 4.69) is 47.4 Å². The number of amides is 2. The molecular formula is C30H35N3O2. The third-order valence-electron chi connectivity index (χ3n) is 8.48. The minimum Gasteiger partial charge on any atom is -0.356 e. The first-order valence-corrected chi connectivity index (χ1v) is 13.5. The summed E-state index contributed by atoms with van der Waals surface area (Å²) in [5.41, 5.74) is 4.71. The number of hydrogen-bond acceptors (Lipinski definition) is 2. The summed E-state index contributed by atoms with van der Waals surface area (Å²) in [6.07, 6.45) is 10.4. The molecule has 35 heavy (non-hydrogen) atoms. The van der Waals surface area contributed by atoms with Gasteiger partial charge in [-0.2, -0.15) is 0 Å².